The van der Waals surface area contributed by atoms with Crippen LogP contribution < -0.4 is 5.32 Å². The molecule has 0 radical (unpaired) electrons. The van der Waals surface area contributed by atoms with E-state index in [9.17, 15) is 0 Å². The molecule has 0 amide bonds. The molecule has 1 atom stereocenters. The predicted octanol–water partition coefficient (Wildman–Crippen LogP) is 3.53. The lowest BCUT2D eigenvalue weighted by Crippen LogP contribution is -2.39. The summed E-state index contributed by atoms with van der Waals surface area (Å²) in [6.45, 7) is 2.57. The Bertz CT molecular complexity index is 478. The number of nitrogens with one attached hydrogen (secondary N) is 1. The van der Waals surface area contributed by atoms with Crippen molar-refractivity contribution in [1.29, 1.82) is 0 Å². The standard InChI is InChI=1S/C16H24ClN3O.HI/c1-18-16(19-9-8-15-7-4-10-21-15)20(2)12-13-5-3-6-14(17)11-13;/h3,5-6,11,15H,4,7-10,12H2,1-2H3,(H,18,19);1H. The molecule has 0 spiro atoms. The van der Waals surface area contributed by atoms with Gasteiger partial charge in [-0.15, -0.1) is 24.0 Å². The number of ether oxygens (including phenoxy) is 1. The minimum absolute atomic E-state index is 0. The molecular formula is C16H25ClIN3O. The lowest BCUT2D eigenvalue weighted by atomic mass is 10.2. The van der Waals surface area contributed by atoms with E-state index >= 15 is 0 Å². The zero-order chi connectivity index (χ0) is 15.1. The molecule has 0 aliphatic carbocycles. The van der Waals surface area contributed by atoms with Crippen LogP contribution in [0.2, 0.25) is 5.02 Å². The Morgan fingerprint density at radius 2 is 2.32 bits per heavy atom. The normalized spacial score (nSPS) is 18.0. The molecular weight excluding hydrogens is 413 g/mol. The van der Waals surface area contributed by atoms with Crippen molar-refractivity contribution in [1.82, 2.24) is 10.2 Å². The van der Waals surface area contributed by atoms with Gasteiger partial charge in [-0.25, -0.2) is 0 Å². The van der Waals surface area contributed by atoms with Crippen molar-refractivity contribution in [2.75, 3.05) is 27.2 Å². The van der Waals surface area contributed by atoms with E-state index in [2.05, 4.69) is 21.3 Å². The molecule has 1 aliphatic heterocycles. The van der Waals surface area contributed by atoms with Gasteiger partial charge in [0.1, 0.15) is 0 Å². The maximum atomic E-state index is 6.02. The number of guanidine groups is 1. The largest absolute Gasteiger partial charge is 0.378 e. The van der Waals surface area contributed by atoms with E-state index in [1.165, 1.54) is 18.4 Å². The van der Waals surface area contributed by atoms with E-state index < -0.39 is 0 Å². The maximum absolute atomic E-state index is 6.02. The molecule has 1 heterocycles. The van der Waals surface area contributed by atoms with Gasteiger partial charge in [0.15, 0.2) is 5.96 Å². The second-order valence-electron chi connectivity index (χ2n) is 5.38. The van der Waals surface area contributed by atoms with Crippen molar-refractivity contribution < 1.29 is 4.74 Å². The summed E-state index contributed by atoms with van der Waals surface area (Å²) in [7, 11) is 3.84. The molecule has 1 aliphatic rings. The summed E-state index contributed by atoms with van der Waals surface area (Å²) >= 11 is 6.02. The molecule has 1 aromatic carbocycles. The SMILES string of the molecule is CN=C(NCCC1CCCO1)N(C)Cc1cccc(Cl)c1.I. The van der Waals surface area contributed by atoms with Gasteiger partial charge in [-0.05, 0) is 37.0 Å². The van der Waals surface area contributed by atoms with Gasteiger partial charge in [0, 0.05) is 38.8 Å². The Hall–Kier alpha value is -0.530. The van der Waals surface area contributed by atoms with Crippen molar-refractivity contribution >= 4 is 41.5 Å². The van der Waals surface area contributed by atoms with E-state index in [1.807, 2.05) is 32.3 Å². The second kappa shape index (κ2) is 10.3. The number of nitrogens with zero attached hydrogens (tertiary/aromatic N) is 2. The van der Waals surface area contributed by atoms with Gasteiger partial charge in [-0.1, -0.05) is 23.7 Å². The van der Waals surface area contributed by atoms with E-state index in [1.54, 1.807) is 0 Å². The third-order valence-electron chi connectivity index (χ3n) is 3.66. The molecule has 6 heteroatoms. The smallest absolute Gasteiger partial charge is 0.193 e. The number of benzene rings is 1. The fraction of sp³-hybridized carbons (Fsp3) is 0.562. The van der Waals surface area contributed by atoms with Crippen LogP contribution >= 0.6 is 35.6 Å². The van der Waals surface area contributed by atoms with Crippen LogP contribution in [-0.2, 0) is 11.3 Å². The quantitative estimate of drug-likeness (QED) is 0.435. The maximum Gasteiger partial charge on any atom is 0.193 e. The van der Waals surface area contributed by atoms with Crippen molar-refractivity contribution in [2.45, 2.75) is 31.9 Å². The molecule has 124 valence electrons. The summed E-state index contributed by atoms with van der Waals surface area (Å²) in [4.78, 5) is 6.43. The van der Waals surface area contributed by atoms with Crippen LogP contribution in [0.4, 0.5) is 0 Å². The molecule has 1 unspecified atom stereocenters. The van der Waals surface area contributed by atoms with Crippen LogP contribution in [-0.4, -0.2) is 44.2 Å². The number of rotatable bonds is 5. The molecule has 22 heavy (non-hydrogen) atoms. The molecule has 0 aromatic heterocycles. The number of halogens is 2. The first-order valence-electron chi connectivity index (χ1n) is 7.47. The third kappa shape index (κ3) is 6.30. The molecule has 0 bridgehead atoms. The summed E-state index contributed by atoms with van der Waals surface area (Å²) in [6.07, 6.45) is 3.81. The summed E-state index contributed by atoms with van der Waals surface area (Å²) in [6, 6.07) is 7.92. The molecule has 1 N–H and O–H groups in total. The lowest BCUT2D eigenvalue weighted by molar-refractivity contribution is 0.105. The topological polar surface area (TPSA) is 36.9 Å². The Labute approximate surface area is 155 Å². The summed E-state index contributed by atoms with van der Waals surface area (Å²) in [5.41, 5.74) is 1.17. The van der Waals surface area contributed by atoms with Crippen LogP contribution in [0.5, 0.6) is 0 Å². The third-order valence-corrected chi connectivity index (χ3v) is 3.89. The molecule has 1 saturated heterocycles. The predicted molar refractivity (Wildman–Crippen MR) is 103 cm³/mol. The van der Waals surface area contributed by atoms with E-state index in [0.717, 1.165) is 37.1 Å². The Morgan fingerprint density at radius 1 is 1.50 bits per heavy atom. The zero-order valence-electron chi connectivity index (χ0n) is 13.2. The van der Waals surface area contributed by atoms with Crippen LogP contribution in [0, 0.1) is 0 Å². The fourth-order valence-corrected chi connectivity index (χ4v) is 2.80. The molecule has 1 aromatic rings. The van der Waals surface area contributed by atoms with Crippen LogP contribution in [0.15, 0.2) is 29.3 Å². The van der Waals surface area contributed by atoms with Gasteiger partial charge >= 0.3 is 0 Å². The minimum atomic E-state index is 0. The van der Waals surface area contributed by atoms with Gasteiger partial charge < -0.3 is 15.0 Å². The highest BCUT2D eigenvalue weighted by Gasteiger charge is 2.15. The van der Waals surface area contributed by atoms with Crippen LogP contribution in [0.3, 0.4) is 0 Å². The summed E-state index contributed by atoms with van der Waals surface area (Å²) in [5.74, 6) is 0.896. The van der Waals surface area contributed by atoms with Crippen molar-refractivity contribution in [3.8, 4) is 0 Å². The number of hydrogen-bond acceptors (Lipinski definition) is 2. The first-order chi connectivity index (χ1) is 10.2. The monoisotopic (exact) mass is 437 g/mol. The highest BCUT2D eigenvalue weighted by Crippen LogP contribution is 2.15. The summed E-state index contributed by atoms with van der Waals surface area (Å²) in [5, 5.41) is 4.16. The zero-order valence-corrected chi connectivity index (χ0v) is 16.3. The van der Waals surface area contributed by atoms with Crippen molar-refractivity contribution in [3.05, 3.63) is 34.9 Å². The molecule has 1 fully saturated rings. The van der Waals surface area contributed by atoms with Gasteiger partial charge in [0.25, 0.3) is 0 Å². The molecule has 0 saturated carbocycles. The van der Waals surface area contributed by atoms with Crippen LogP contribution in [0.25, 0.3) is 0 Å². The lowest BCUT2D eigenvalue weighted by Gasteiger charge is -2.22. The van der Waals surface area contributed by atoms with E-state index in [0.29, 0.717) is 6.10 Å². The first-order valence-corrected chi connectivity index (χ1v) is 7.84. The number of aliphatic imine (C=N–C) groups is 1. The molecule has 4 nitrogen and oxygen atoms in total. The van der Waals surface area contributed by atoms with Gasteiger partial charge in [-0.3, -0.25) is 4.99 Å². The fourth-order valence-electron chi connectivity index (χ4n) is 2.59. The average molecular weight is 438 g/mol. The highest BCUT2D eigenvalue weighted by molar-refractivity contribution is 14.0. The Balaban J connectivity index is 0.00000242. The van der Waals surface area contributed by atoms with Gasteiger partial charge in [0.05, 0.1) is 6.10 Å². The highest BCUT2D eigenvalue weighted by atomic mass is 127. The van der Waals surface area contributed by atoms with Crippen molar-refractivity contribution in [2.24, 2.45) is 4.99 Å². The van der Waals surface area contributed by atoms with Crippen LogP contribution in [0.1, 0.15) is 24.8 Å². The molecule has 2 rings (SSSR count). The minimum Gasteiger partial charge on any atom is -0.378 e. The Morgan fingerprint density at radius 3 is 2.95 bits per heavy atom. The van der Waals surface area contributed by atoms with Gasteiger partial charge in [-0.2, -0.15) is 0 Å². The average Bonchev–Trinajstić information content (AvgIpc) is 2.96. The van der Waals surface area contributed by atoms with Crippen molar-refractivity contribution in [3.63, 3.8) is 0 Å². The second-order valence-corrected chi connectivity index (χ2v) is 5.82. The van der Waals surface area contributed by atoms with E-state index in [-0.39, 0.29) is 24.0 Å². The number of hydrogen-bond donors (Lipinski definition) is 1. The first kappa shape index (κ1) is 19.5. The van der Waals surface area contributed by atoms with E-state index in [4.69, 9.17) is 16.3 Å². The Kier molecular flexibility index (Phi) is 9.12. The summed E-state index contributed by atoms with van der Waals surface area (Å²) < 4.78 is 5.63. The van der Waals surface area contributed by atoms with Gasteiger partial charge in [0.2, 0.25) is 0 Å².